The summed E-state index contributed by atoms with van der Waals surface area (Å²) in [5.74, 6) is 0.0700. The Morgan fingerprint density at radius 2 is 2.09 bits per heavy atom. The molecule has 9 heteroatoms. The second kappa shape index (κ2) is 6.88. The summed E-state index contributed by atoms with van der Waals surface area (Å²) in [5.41, 5.74) is 6.70. The molecule has 0 aliphatic heterocycles. The third-order valence-electron chi connectivity index (χ3n) is 3.01. The first kappa shape index (κ1) is 15.6. The Balaban J connectivity index is 1.59. The van der Waals surface area contributed by atoms with Crippen LogP contribution in [0, 0.1) is 0 Å². The first-order valence-electron chi connectivity index (χ1n) is 6.83. The quantitative estimate of drug-likeness (QED) is 0.497. The highest BCUT2D eigenvalue weighted by molar-refractivity contribution is 8.01. The smallest absolute Gasteiger partial charge is 0.227 e. The molecule has 3 rings (SSSR count). The fraction of sp³-hybridized carbons (Fsp3) is 0.214. The number of aromatic amines is 1. The van der Waals surface area contributed by atoms with Crippen molar-refractivity contribution in [3.05, 3.63) is 35.1 Å². The van der Waals surface area contributed by atoms with E-state index in [0.717, 1.165) is 16.0 Å². The Bertz CT molecular complexity index is 825. The van der Waals surface area contributed by atoms with Crippen molar-refractivity contribution in [3.8, 4) is 0 Å². The van der Waals surface area contributed by atoms with E-state index in [4.69, 9.17) is 5.73 Å². The SMILES string of the molecule is NC(=O)CSc1nnc(CCC(=O)c2nc3ccccc3[nH]2)s1. The molecule has 2 aromatic heterocycles. The number of thioether (sulfide) groups is 1. The maximum absolute atomic E-state index is 12.2. The number of amides is 1. The van der Waals surface area contributed by atoms with Crippen molar-refractivity contribution in [1.82, 2.24) is 20.2 Å². The minimum atomic E-state index is -0.396. The molecule has 1 amide bonds. The van der Waals surface area contributed by atoms with Crippen molar-refractivity contribution >= 4 is 45.8 Å². The summed E-state index contributed by atoms with van der Waals surface area (Å²) in [5, 5.41) is 8.73. The highest BCUT2D eigenvalue weighted by Crippen LogP contribution is 2.23. The van der Waals surface area contributed by atoms with Crippen molar-refractivity contribution in [1.29, 1.82) is 0 Å². The molecule has 0 bridgehead atoms. The number of aryl methyl sites for hydroxylation is 1. The predicted octanol–water partition coefficient (Wildman–Crippen LogP) is 1.81. The number of H-pyrrole nitrogens is 1. The van der Waals surface area contributed by atoms with E-state index in [1.54, 1.807) is 0 Å². The van der Waals surface area contributed by atoms with Crippen molar-refractivity contribution in [2.75, 3.05) is 5.75 Å². The summed E-state index contributed by atoms with van der Waals surface area (Å²) < 4.78 is 0.676. The minimum absolute atomic E-state index is 0.0669. The van der Waals surface area contributed by atoms with Crippen LogP contribution in [0.2, 0.25) is 0 Å². The minimum Gasteiger partial charge on any atom is -0.369 e. The summed E-state index contributed by atoms with van der Waals surface area (Å²) >= 11 is 2.62. The third kappa shape index (κ3) is 3.93. The molecule has 7 nitrogen and oxygen atoms in total. The van der Waals surface area contributed by atoms with Crippen LogP contribution in [0.25, 0.3) is 11.0 Å². The topological polar surface area (TPSA) is 115 Å². The second-order valence-corrected chi connectivity index (χ2v) is 7.03. The van der Waals surface area contributed by atoms with Crippen molar-refractivity contribution in [3.63, 3.8) is 0 Å². The monoisotopic (exact) mass is 347 g/mol. The Labute approximate surface area is 139 Å². The average Bonchev–Trinajstić information content (AvgIpc) is 3.17. The molecule has 3 N–H and O–H groups in total. The number of aromatic nitrogens is 4. The molecule has 0 aliphatic rings. The van der Waals surface area contributed by atoms with Gasteiger partial charge in [-0.25, -0.2) is 4.98 Å². The van der Waals surface area contributed by atoms with E-state index in [-0.39, 0.29) is 11.5 Å². The lowest BCUT2D eigenvalue weighted by molar-refractivity contribution is -0.115. The lowest BCUT2D eigenvalue weighted by Crippen LogP contribution is -2.12. The van der Waals surface area contributed by atoms with Crippen LogP contribution in [0.1, 0.15) is 22.0 Å². The maximum atomic E-state index is 12.2. The van der Waals surface area contributed by atoms with Crippen molar-refractivity contribution in [2.24, 2.45) is 5.73 Å². The van der Waals surface area contributed by atoms with Gasteiger partial charge in [0.1, 0.15) is 5.01 Å². The summed E-state index contributed by atoms with van der Waals surface area (Å²) in [6, 6.07) is 7.51. The van der Waals surface area contributed by atoms with E-state index in [0.29, 0.717) is 23.0 Å². The number of rotatable bonds is 7. The van der Waals surface area contributed by atoms with Gasteiger partial charge < -0.3 is 10.7 Å². The number of carbonyl (C=O) groups is 2. The van der Waals surface area contributed by atoms with E-state index in [9.17, 15) is 9.59 Å². The van der Waals surface area contributed by atoms with E-state index in [2.05, 4.69) is 20.2 Å². The number of carbonyl (C=O) groups excluding carboxylic acids is 2. The molecular weight excluding hydrogens is 334 g/mol. The molecule has 23 heavy (non-hydrogen) atoms. The fourth-order valence-electron chi connectivity index (χ4n) is 1.95. The van der Waals surface area contributed by atoms with Crippen molar-refractivity contribution in [2.45, 2.75) is 17.2 Å². The number of hydrogen-bond donors (Lipinski definition) is 2. The normalized spacial score (nSPS) is 11.0. The summed E-state index contributed by atoms with van der Waals surface area (Å²) in [7, 11) is 0. The highest BCUT2D eigenvalue weighted by Gasteiger charge is 2.13. The molecule has 0 saturated heterocycles. The van der Waals surface area contributed by atoms with E-state index >= 15 is 0 Å². The van der Waals surface area contributed by atoms with E-state index < -0.39 is 5.91 Å². The number of nitrogens with two attached hydrogens (primary N) is 1. The summed E-state index contributed by atoms with van der Waals surface area (Å²) in [4.78, 5) is 30.2. The van der Waals surface area contributed by atoms with Crippen LogP contribution < -0.4 is 5.73 Å². The Kier molecular flexibility index (Phi) is 4.68. The molecule has 0 unspecified atom stereocenters. The molecule has 0 saturated carbocycles. The van der Waals surface area contributed by atoms with Crippen LogP contribution in [0.3, 0.4) is 0 Å². The van der Waals surface area contributed by atoms with Crippen LogP contribution in [0.4, 0.5) is 0 Å². The van der Waals surface area contributed by atoms with Gasteiger partial charge in [-0.15, -0.1) is 10.2 Å². The molecular formula is C14H13N5O2S2. The molecule has 2 heterocycles. The summed E-state index contributed by atoms with van der Waals surface area (Å²) in [6.07, 6.45) is 0.791. The maximum Gasteiger partial charge on any atom is 0.227 e. The number of fused-ring (bicyclic) bond motifs is 1. The Hall–Kier alpha value is -2.26. The van der Waals surface area contributed by atoms with Gasteiger partial charge in [0.15, 0.2) is 15.9 Å². The zero-order valence-electron chi connectivity index (χ0n) is 12.0. The number of Topliss-reactive ketones (excluding diaryl/α,β-unsaturated/α-hetero) is 1. The lowest BCUT2D eigenvalue weighted by atomic mass is 10.2. The molecule has 118 valence electrons. The highest BCUT2D eigenvalue weighted by atomic mass is 32.2. The fourth-order valence-corrected chi connectivity index (χ4v) is 3.59. The lowest BCUT2D eigenvalue weighted by Gasteiger charge is -1.94. The number of imidazole rings is 1. The molecule has 0 aliphatic carbocycles. The zero-order chi connectivity index (χ0) is 16.2. The number of nitrogens with one attached hydrogen (secondary N) is 1. The largest absolute Gasteiger partial charge is 0.369 e. The molecule has 0 radical (unpaired) electrons. The first-order chi connectivity index (χ1) is 11.1. The van der Waals surface area contributed by atoms with Gasteiger partial charge in [0.05, 0.1) is 16.8 Å². The number of nitrogens with zero attached hydrogens (tertiary/aromatic N) is 3. The van der Waals surface area contributed by atoms with Crippen molar-refractivity contribution < 1.29 is 9.59 Å². The van der Waals surface area contributed by atoms with Gasteiger partial charge in [0.2, 0.25) is 5.91 Å². The Morgan fingerprint density at radius 3 is 2.87 bits per heavy atom. The van der Waals surface area contributed by atoms with Gasteiger partial charge in [0, 0.05) is 12.8 Å². The van der Waals surface area contributed by atoms with E-state index in [1.165, 1.54) is 23.1 Å². The van der Waals surface area contributed by atoms with Crippen LogP contribution in [0.15, 0.2) is 28.6 Å². The molecule has 0 atom stereocenters. The third-order valence-corrected chi connectivity index (χ3v) is 5.14. The van der Waals surface area contributed by atoms with Gasteiger partial charge in [-0.05, 0) is 12.1 Å². The number of hydrogen-bond acceptors (Lipinski definition) is 7. The van der Waals surface area contributed by atoms with Gasteiger partial charge in [0.25, 0.3) is 0 Å². The predicted molar refractivity (Wildman–Crippen MR) is 88.6 cm³/mol. The Morgan fingerprint density at radius 1 is 1.26 bits per heavy atom. The standard InChI is InChI=1S/C14H13N5O2S2/c15-11(21)7-22-14-19-18-12(23-14)6-5-10(20)13-16-8-3-1-2-4-9(8)17-13/h1-4H,5-7H2,(H2,15,21)(H,16,17). The van der Waals surface area contributed by atoms with Gasteiger partial charge in [-0.2, -0.15) is 0 Å². The van der Waals surface area contributed by atoms with Gasteiger partial charge >= 0.3 is 0 Å². The molecule has 3 aromatic rings. The average molecular weight is 347 g/mol. The molecule has 0 fully saturated rings. The van der Waals surface area contributed by atoms with Crippen LogP contribution in [0.5, 0.6) is 0 Å². The molecule has 0 spiro atoms. The number of primary amides is 1. The zero-order valence-corrected chi connectivity index (χ0v) is 13.6. The van der Waals surface area contributed by atoms with Crippen LogP contribution >= 0.6 is 23.1 Å². The summed E-state index contributed by atoms with van der Waals surface area (Å²) in [6.45, 7) is 0. The first-order valence-corrected chi connectivity index (χ1v) is 8.63. The number of benzene rings is 1. The number of ketones is 1. The second-order valence-electron chi connectivity index (χ2n) is 4.74. The molecule has 1 aromatic carbocycles. The van der Waals surface area contributed by atoms with Gasteiger partial charge in [-0.3, -0.25) is 9.59 Å². The van der Waals surface area contributed by atoms with Crippen LogP contribution in [-0.4, -0.2) is 37.6 Å². The van der Waals surface area contributed by atoms with Crippen LogP contribution in [-0.2, 0) is 11.2 Å². The van der Waals surface area contributed by atoms with E-state index in [1.807, 2.05) is 24.3 Å². The number of para-hydroxylation sites is 2. The van der Waals surface area contributed by atoms with Gasteiger partial charge in [-0.1, -0.05) is 35.2 Å².